The van der Waals surface area contributed by atoms with E-state index in [0.29, 0.717) is 25.6 Å². The number of carbonyl (C=O) groups is 1. The second-order valence-corrected chi connectivity index (χ2v) is 8.24. The zero-order valence-corrected chi connectivity index (χ0v) is 15.6. The Morgan fingerprint density at radius 2 is 1.96 bits per heavy atom. The number of carbonyl (C=O) groups excluding carboxylic acids is 1. The number of benzene rings is 1. The summed E-state index contributed by atoms with van der Waals surface area (Å²) in [6.45, 7) is 4.07. The molecule has 2 aliphatic rings. The van der Waals surface area contributed by atoms with Crippen molar-refractivity contribution in [2.24, 2.45) is 0 Å². The second-order valence-electron chi connectivity index (χ2n) is 7.29. The number of hydrogen-bond acceptors (Lipinski definition) is 3. The fraction of sp³-hybridized carbons (Fsp3) is 0.476. The van der Waals surface area contributed by atoms with Gasteiger partial charge in [-0.2, -0.15) is 0 Å². The highest BCUT2D eigenvalue weighted by atomic mass is 32.1. The van der Waals surface area contributed by atoms with Crippen LogP contribution in [0, 0.1) is 6.92 Å². The normalized spacial score (nSPS) is 22.9. The van der Waals surface area contributed by atoms with Crippen molar-refractivity contribution in [3.63, 3.8) is 0 Å². The van der Waals surface area contributed by atoms with Gasteiger partial charge in [0.1, 0.15) is 6.10 Å². The number of aryl methyl sites for hydroxylation is 1. The van der Waals surface area contributed by atoms with Gasteiger partial charge in [-0.1, -0.05) is 48.7 Å². The standard InChI is InChI=1S/C21H25NO2S/c1-16-6-8-17(9-7-16)18-15-22(12-13-24-18)20(23)21(10-2-3-11-21)19-5-4-14-25-19/h4-9,14,18H,2-3,10-13,15H2,1H3. The van der Waals surface area contributed by atoms with Crippen molar-refractivity contribution in [1.82, 2.24) is 4.90 Å². The number of morpholine rings is 1. The minimum atomic E-state index is -0.288. The SMILES string of the molecule is Cc1ccc(C2CN(C(=O)C3(c4cccs4)CCCC3)CCO2)cc1. The molecule has 4 heteroatoms. The molecular weight excluding hydrogens is 330 g/mol. The summed E-state index contributed by atoms with van der Waals surface area (Å²) in [5.74, 6) is 0.313. The molecule has 25 heavy (non-hydrogen) atoms. The maximum Gasteiger partial charge on any atom is 0.234 e. The molecule has 132 valence electrons. The Hall–Kier alpha value is -1.65. The summed E-state index contributed by atoms with van der Waals surface area (Å²) in [5.41, 5.74) is 2.12. The predicted molar refractivity (Wildman–Crippen MR) is 101 cm³/mol. The summed E-state index contributed by atoms with van der Waals surface area (Å²) in [6, 6.07) is 12.7. The first-order valence-corrected chi connectivity index (χ1v) is 10.1. The van der Waals surface area contributed by atoms with E-state index >= 15 is 0 Å². The molecule has 1 aromatic carbocycles. The number of ether oxygens (including phenoxy) is 1. The predicted octanol–water partition coefficient (Wildman–Crippen LogP) is 4.47. The summed E-state index contributed by atoms with van der Waals surface area (Å²) in [7, 11) is 0. The maximum atomic E-state index is 13.5. The van der Waals surface area contributed by atoms with Crippen molar-refractivity contribution in [3.8, 4) is 0 Å². The highest BCUT2D eigenvalue weighted by molar-refractivity contribution is 7.10. The number of nitrogens with zero attached hydrogens (tertiary/aromatic N) is 1. The molecule has 0 spiro atoms. The van der Waals surface area contributed by atoms with Crippen LogP contribution in [0.2, 0.25) is 0 Å². The molecule has 1 aliphatic heterocycles. The van der Waals surface area contributed by atoms with Gasteiger partial charge in [-0.15, -0.1) is 11.3 Å². The molecule has 2 fully saturated rings. The number of hydrogen-bond donors (Lipinski definition) is 0. The van der Waals surface area contributed by atoms with Crippen LogP contribution in [-0.2, 0) is 14.9 Å². The van der Waals surface area contributed by atoms with Crippen molar-refractivity contribution in [2.75, 3.05) is 19.7 Å². The second kappa shape index (κ2) is 6.93. The van der Waals surface area contributed by atoms with Crippen molar-refractivity contribution in [3.05, 3.63) is 57.8 Å². The Balaban J connectivity index is 1.56. The monoisotopic (exact) mass is 355 g/mol. The van der Waals surface area contributed by atoms with E-state index in [2.05, 4.69) is 53.6 Å². The molecule has 1 aromatic heterocycles. The minimum absolute atomic E-state index is 0.0138. The average molecular weight is 356 g/mol. The van der Waals surface area contributed by atoms with E-state index in [4.69, 9.17) is 4.74 Å². The van der Waals surface area contributed by atoms with Crippen LogP contribution in [0.5, 0.6) is 0 Å². The lowest BCUT2D eigenvalue weighted by Crippen LogP contribution is -2.50. The van der Waals surface area contributed by atoms with E-state index in [1.807, 2.05) is 0 Å². The van der Waals surface area contributed by atoms with E-state index < -0.39 is 0 Å². The van der Waals surface area contributed by atoms with Crippen LogP contribution >= 0.6 is 11.3 Å². The third kappa shape index (κ3) is 3.13. The van der Waals surface area contributed by atoms with E-state index in [1.165, 1.54) is 16.0 Å². The minimum Gasteiger partial charge on any atom is -0.370 e. The first kappa shape index (κ1) is 16.8. The van der Waals surface area contributed by atoms with Crippen LogP contribution in [-0.4, -0.2) is 30.5 Å². The van der Waals surface area contributed by atoms with Gasteiger partial charge in [0.15, 0.2) is 0 Å². The molecule has 1 atom stereocenters. The van der Waals surface area contributed by atoms with Gasteiger partial charge in [-0.3, -0.25) is 4.79 Å². The number of amides is 1. The van der Waals surface area contributed by atoms with Crippen LogP contribution < -0.4 is 0 Å². The Kier molecular flexibility index (Phi) is 4.65. The van der Waals surface area contributed by atoms with Crippen LogP contribution in [0.15, 0.2) is 41.8 Å². The molecule has 0 bridgehead atoms. The Labute approximate surface area is 153 Å². The molecule has 2 heterocycles. The highest BCUT2D eigenvalue weighted by Gasteiger charge is 2.46. The number of rotatable bonds is 3. The third-order valence-corrected chi connectivity index (χ3v) is 6.74. The Morgan fingerprint density at radius 3 is 2.64 bits per heavy atom. The van der Waals surface area contributed by atoms with Gasteiger partial charge < -0.3 is 9.64 Å². The van der Waals surface area contributed by atoms with E-state index in [9.17, 15) is 4.79 Å². The van der Waals surface area contributed by atoms with E-state index in [-0.39, 0.29) is 11.5 Å². The van der Waals surface area contributed by atoms with Crippen molar-refractivity contribution >= 4 is 17.2 Å². The van der Waals surface area contributed by atoms with Crippen molar-refractivity contribution < 1.29 is 9.53 Å². The van der Waals surface area contributed by atoms with Gasteiger partial charge in [0.05, 0.1) is 18.6 Å². The summed E-state index contributed by atoms with van der Waals surface area (Å²) >= 11 is 1.73. The Morgan fingerprint density at radius 1 is 1.20 bits per heavy atom. The van der Waals surface area contributed by atoms with Gasteiger partial charge in [0.25, 0.3) is 0 Å². The Bertz CT molecular complexity index is 717. The first-order valence-electron chi connectivity index (χ1n) is 9.21. The first-order chi connectivity index (χ1) is 12.2. The van der Waals surface area contributed by atoms with Crippen LogP contribution in [0.4, 0.5) is 0 Å². The van der Waals surface area contributed by atoms with Crippen molar-refractivity contribution in [1.29, 1.82) is 0 Å². The molecule has 3 nitrogen and oxygen atoms in total. The van der Waals surface area contributed by atoms with Gasteiger partial charge >= 0.3 is 0 Å². The highest BCUT2D eigenvalue weighted by Crippen LogP contribution is 2.45. The van der Waals surface area contributed by atoms with Gasteiger partial charge in [0.2, 0.25) is 5.91 Å². The molecule has 4 rings (SSSR count). The topological polar surface area (TPSA) is 29.5 Å². The fourth-order valence-corrected chi connectivity index (χ4v) is 5.19. The molecule has 1 amide bonds. The fourth-order valence-electron chi connectivity index (χ4n) is 4.21. The zero-order valence-electron chi connectivity index (χ0n) is 14.7. The quantitative estimate of drug-likeness (QED) is 0.813. The lowest BCUT2D eigenvalue weighted by atomic mass is 9.82. The van der Waals surface area contributed by atoms with Gasteiger partial charge in [0, 0.05) is 11.4 Å². The average Bonchev–Trinajstić information content (AvgIpc) is 3.34. The summed E-state index contributed by atoms with van der Waals surface area (Å²) in [6.07, 6.45) is 4.25. The lowest BCUT2D eigenvalue weighted by Gasteiger charge is -2.39. The third-order valence-electron chi connectivity index (χ3n) is 5.66. The van der Waals surface area contributed by atoms with E-state index in [0.717, 1.165) is 25.7 Å². The zero-order chi connectivity index (χ0) is 17.3. The molecule has 1 saturated carbocycles. The summed E-state index contributed by atoms with van der Waals surface area (Å²) in [5, 5.41) is 2.09. The van der Waals surface area contributed by atoms with Gasteiger partial charge in [-0.25, -0.2) is 0 Å². The number of thiophene rings is 1. The maximum absolute atomic E-state index is 13.5. The van der Waals surface area contributed by atoms with Crippen LogP contribution in [0.25, 0.3) is 0 Å². The van der Waals surface area contributed by atoms with Gasteiger partial charge in [-0.05, 0) is 36.8 Å². The molecule has 2 aromatic rings. The van der Waals surface area contributed by atoms with Crippen LogP contribution in [0.3, 0.4) is 0 Å². The lowest BCUT2D eigenvalue weighted by molar-refractivity contribution is -0.145. The summed E-state index contributed by atoms with van der Waals surface area (Å²) < 4.78 is 5.98. The largest absolute Gasteiger partial charge is 0.370 e. The molecular formula is C21H25NO2S. The molecule has 1 aliphatic carbocycles. The smallest absolute Gasteiger partial charge is 0.234 e. The molecule has 0 N–H and O–H groups in total. The van der Waals surface area contributed by atoms with Crippen LogP contribution in [0.1, 0.15) is 47.8 Å². The molecule has 1 saturated heterocycles. The summed E-state index contributed by atoms with van der Waals surface area (Å²) in [4.78, 5) is 16.8. The molecule has 1 unspecified atom stereocenters. The van der Waals surface area contributed by atoms with Crippen molar-refractivity contribution in [2.45, 2.75) is 44.1 Å². The molecule has 0 radical (unpaired) electrons. The van der Waals surface area contributed by atoms with E-state index in [1.54, 1.807) is 11.3 Å².